The van der Waals surface area contributed by atoms with Gasteiger partial charge in [0.2, 0.25) is 5.82 Å². The smallest absolute Gasteiger partial charge is 0.328 e. The van der Waals surface area contributed by atoms with Crippen LogP contribution in [0, 0.1) is 11.6 Å². The third kappa shape index (κ3) is 4.96. The summed E-state index contributed by atoms with van der Waals surface area (Å²) >= 11 is 0. The van der Waals surface area contributed by atoms with Gasteiger partial charge in [-0.3, -0.25) is 0 Å². The van der Waals surface area contributed by atoms with Crippen molar-refractivity contribution in [3.05, 3.63) is 23.8 Å². The van der Waals surface area contributed by atoms with Crippen LogP contribution in [0.2, 0.25) is 0 Å². The number of carbonyl (C=O) groups excluding carboxylic acids is 1. The summed E-state index contributed by atoms with van der Waals surface area (Å²) in [5.74, 6) is -2.60. The molecule has 0 spiro atoms. The maximum Gasteiger partial charge on any atom is 0.328 e. The van der Waals surface area contributed by atoms with Gasteiger partial charge in [-0.1, -0.05) is 0 Å². The van der Waals surface area contributed by atoms with Crippen molar-refractivity contribution in [2.45, 2.75) is 24.8 Å². The monoisotopic (exact) mass is 415 g/mol. The van der Waals surface area contributed by atoms with E-state index >= 15 is 0 Å². The second kappa shape index (κ2) is 10.2. The number of ether oxygens (including phenoxy) is 3. The van der Waals surface area contributed by atoms with Crippen molar-refractivity contribution in [2.75, 3.05) is 66.7 Å². The molecule has 0 aliphatic heterocycles. The minimum atomic E-state index is -1.05. The number of halogens is 2. The van der Waals surface area contributed by atoms with E-state index in [0.29, 0.717) is 32.5 Å². The van der Waals surface area contributed by atoms with Crippen molar-refractivity contribution in [3.8, 4) is 5.75 Å². The molecule has 0 atom stereocenters. The summed E-state index contributed by atoms with van der Waals surface area (Å²) < 4.78 is 44.6. The van der Waals surface area contributed by atoms with Gasteiger partial charge < -0.3 is 24.1 Å². The highest BCUT2D eigenvalue weighted by Crippen LogP contribution is 2.40. The van der Waals surface area contributed by atoms with E-state index in [-0.39, 0.29) is 24.0 Å². The first-order valence-corrected chi connectivity index (χ1v) is 9.62. The molecule has 0 bridgehead atoms. The summed E-state index contributed by atoms with van der Waals surface area (Å²) in [4.78, 5) is 14.2. The Morgan fingerprint density at radius 2 is 1.72 bits per heavy atom. The summed E-state index contributed by atoms with van der Waals surface area (Å²) in [5, 5.41) is 3.06. The summed E-state index contributed by atoms with van der Waals surface area (Å²) in [5.41, 5.74) is -0.835. The molecule has 0 unspecified atom stereocenters. The first kappa shape index (κ1) is 23.3. The van der Waals surface area contributed by atoms with Gasteiger partial charge in [-0.15, -0.1) is 0 Å². The molecule has 0 N–H and O–H groups in total. The van der Waals surface area contributed by atoms with Gasteiger partial charge in [0.1, 0.15) is 12.1 Å². The summed E-state index contributed by atoms with van der Waals surface area (Å²) in [6.45, 7) is 2.07. The quantitative estimate of drug-likeness (QED) is 0.406. The highest BCUT2D eigenvalue weighted by Gasteiger charge is 2.50. The molecular weight excluding hydrogens is 384 g/mol. The number of nitrogens with zero attached hydrogens (tertiary/aromatic N) is 3. The zero-order valence-corrected chi connectivity index (χ0v) is 17.8. The normalized spacial score (nSPS) is 15.3. The van der Waals surface area contributed by atoms with Crippen molar-refractivity contribution in [3.63, 3.8) is 0 Å². The summed E-state index contributed by atoms with van der Waals surface area (Å²) in [6.07, 6.45) is 2.07. The van der Waals surface area contributed by atoms with E-state index in [0.717, 1.165) is 6.42 Å². The molecule has 2 rings (SSSR count). The highest BCUT2D eigenvalue weighted by atomic mass is 19.2. The molecule has 7 nitrogen and oxygen atoms in total. The van der Waals surface area contributed by atoms with Crippen LogP contribution < -0.4 is 9.75 Å². The molecule has 0 amide bonds. The van der Waals surface area contributed by atoms with Crippen molar-refractivity contribution in [1.29, 1.82) is 0 Å². The van der Waals surface area contributed by atoms with E-state index in [4.69, 9.17) is 14.2 Å². The zero-order chi connectivity index (χ0) is 21.6. The third-order valence-electron chi connectivity index (χ3n) is 5.60. The average molecular weight is 415 g/mol. The lowest BCUT2D eigenvalue weighted by atomic mass is 9.76. The number of benzene rings is 1. The number of hydrogen-bond acceptors (Lipinski definition) is 7. The Kier molecular flexibility index (Phi) is 8.18. The van der Waals surface area contributed by atoms with Gasteiger partial charge in [-0.25, -0.2) is 14.2 Å². The molecule has 9 heteroatoms. The van der Waals surface area contributed by atoms with Crippen molar-refractivity contribution in [1.82, 2.24) is 9.91 Å². The van der Waals surface area contributed by atoms with Gasteiger partial charge in [0.15, 0.2) is 11.6 Å². The Labute approximate surface area is 171 Å². The van der Waals surface area contributed by atoms with Crippen LogP contribution in [0.5, 0.6) is 5.75 Å². The van der Waals surface area contributed by atoms with Crippen LogP contribution >= 0.6 is 0 Å². The molecule has 1 aromatic rings. The molecule has 164 valence electrons. The fourth-order valence-electron chi connectivity index (χ4n) is 3.36. The van der Waals surface area contributed by atoms with Gasteiger partial charge in [0.25, 0.3) is 0 Å². The standard InChI is InChI=1S/C20H31F2N3O4/c1-23(11-13-27-4)12-14-29-16-8-7-15(17(21)18(16)22)24(2)25(3)20(9-6-10-20)19(26)28-5/h7-8H,6,9-14H2,1-5H3. The van der Waals surface area contributed by atoms with Gasteiger partial charge in [0.05, 0.1) is 19.4 Å². The topological polar surface area (TPSA) is 54.5 Å². The molecule has 29 heavy (non-hydrogen) atoms. The van der Waals surface area contributed by atoms with E-state index in [1.807, 2.05) is 11.9 Å². The van der Waals surface area contributed by atoms with E-state index in [1.54, 1.807) is 26.2 Å². The van der Waals surface area contributed by atoms with Crippen LogP contribution in [0.25, 0.3) is 0 Å². The van der Waals surface area contributed by atoms with Crippen LogP contribution in [-0.4, -0.2) is 83.1 Å². The highest BCUT2D eigenvalue weighted by molar-refractivity contribution is 5.82. The number of hydrogen-bond donors (Lipinski definition) is 0. The maximum atomic E-state index is 14.8. The number of anilines is 1. The minimum absolute atomic E-state index is 0.0183. The van der Waals surface area contributed by atoms with E-state index in [9.17, 15) is 13.6 Å². The Balaban J connectivity index is 2.07. The molecule has 1 aliphatic carbocycles. The Morgan fingerprint density at radius 3 is 2.28 bits per heavy atom. The lowest BCUT2D eigenvalue weighted by Gasteiger charge is -2.49. The van der Waals surface area contributed by atoms with Crippen molar-refractivity contribution < 1.29 is 27.8 Å². The molecular formula is C20H31F2N3O4. The first-order valence-electron chi connectivity index (χ1n) is 9.62. The largest absolute Gasteiger partial charge is 0.489 e. The minimum Gasteiger partial charge on any atom is -0.489 e. The fourth-order valence-corrected chi connectivity index (χ4v) is 3.36. The Bertz CT molecular complexity index is 701. The fraction of sp³-hybridized carbons (Fsp3) is 0.650. The van der Waals surface area contributed by atoms with E-state index < -0.39 is 17.2 Å². The van der Waals surface area contributed by atoms with Gasteiger partial charge in [-0.05, 0) is 38.4 Å². The summed E-state index contributed by atoms with van der Waals surface area (Å²) in [6, 6.07) is 2.85. The van der Waals surface area contributed by atoms with E-state index in [2.05, 4.69) is 0 Å². The molecule has 0 heterocycles. The van der Waals surface area contributed by atoms with Crippen LogP contribution in [-0.2, 0) is 14.3 Å². The van der Waals surface area contributed by atoms with Crippen molar-refractivity contribution in [2.24, 2.45) is 0 Å². The predicted octanol–water partition coefficient (Wildman–Crippen LogP) is 2.30. The number of esters is 1. The second-order valence-electron chi connectivity index (χ2n) is 7.28. The zero-order valence-electron chi connectivity index (χ0n) is 17.8. The maximum absolute atomic E-state index is 14.8. The number of likely N-dealkylation sites (N-methyl/N-ethyl adjacent to an activating group) is 2. The van der Waals surface area contributed by atoms with E-state index in [1.165, 1.54) is 24.3 Å². The van der Waals surface area contributed by atoms with Gasteiger partial charge in [-0.2, -0.15) is 4.39 Å². The van der Waals surface area contributed by atoms with Crippen LogP contribution in [0.4, 0.5) is 14.5 Å². The molecule has 0 saturated heterocycles. The van der Waals surface area contributed by atoms with Gasteiger partial charge >= 0.3 is 5.97 Å². The van der Waals surface area contributed by atoms with Crippen molar-refractivity contribution >= 4 is 11.7 Å². The SMILES string of the molecule is COCCN(C)CCOc1ccc(N(C)N(C)C2(C(=O)OC)CCC2)c(F)c1F. The van der Waals surface area contributed by atoms with Gasteiger partial charge in [0, 0.05) is 34.3 Å². The molecule has 1 fully saturated rings. The number of carbonyl (C=O) groups is 1. The average Bonchev–Trinajstić information content (AvgIpc) is 2.68. The molecule has 1 aromatic carbocycles. The first-order chi connectivity index (χ1) is 13.8. The number of hydrazine groups is 1. The summed E-state index contributed by atoms with van der Waals surface area (Å²) in [7, 11) is 8.11. The number of methoxy groups -OCH3 is 2. The molecule has 0 radical (unpaired) electrons. The number of rotatable bonds is 11. The molecule has 0 aromatic heterocycles. The predicted molar refractivity (Wildman–Crippen MR) is 106 cm³/mol. The van der Waals surface area contributed by atoms with Crippen LogP contribution in [0.15, 0.2) is 12.1 Å². The lowest BCUT2D eigenvalue weighted by molar-refractivity contribution is -0.161. The van der Waals surface area contributed by atoms with Crippen LogP contribution in [0.1, 0.15) is 19.3 Å². The van der Waals surface area contributed by atoms with Crippen LogP contribution in [0.3, 0.4) is 0 Å². The Morgan fingerprint density at radius 1 is 1.07 bits per heavy atom. The molecule has 1 aliphatic rings. The molecule has 1 saturated carbocycles. The second-order valence-corrected chi connectivity index (χ2v) is 7.28. The lowest BCUT2D eigenvalue weighted by Crippen LogP contribution is -2.63. The third-order valence-corrected chi connectivity index (χ3v) is 5.60. The Hall–Kier alpha value is -1.97.